The van der Waals surface area contributed by atoms with Gasteiger partial charge in [-0.25, -0.2) is 4.98 Å². The van der Waals surface area contributed by atoms with Gasteiger partial charge >= 0.3 is 0 Å². The molecule has 0 aliphatic rings. The molecule has 2 nitrogen and oxygen atoms in total. The van der Waals surface area contributed by atoms with Crippen molar-refractivity contribution in [3.8, 4) is 0 Å². The highest BCUT2D eigenvalue weighted by Gasteiger charge is 2.16. The molecule has 0 atom stereocenters. The Labute approximate surface area is 131 Å². The molecule has 0 fully saturated rings. The summed E-state index contributed by atoms with van der Waals surface area (Å²) in [5.74, 6) is 1.66. The average molecular weight is 352 g/mol. The van der Waals surface area contributed by atoms with Crippen molar-refractivity contribution in [2.75, 3.05) is 5.88 Å². The lowest BCUT2D eigenvalue weighted by atomic mass is 10.1. The summed E-state index contributed by atoms with van der Waals surface area (Å²) in [7, 11) is 0. The van der Waals surface area contributed by atoms with Crippen LogP contribution < -0.4 is 0 Å². The van der Waals surface area contributed by atoms with Crippen LogP contribution in [0.4, 0.5) is 0 Å². The molecule has 0 saturated heterocycles. The number of hydrogen-bond acceptors (Lipinski definition) is 1. The van der Waals surface area contributed by atoms with E-state index in [2.05, 4.69) is 64.7 Å². The van der Waals surface area contributed by atoms with Crippen molar-refractivity contribution < 1.29 is 0 Å². The van der Waals surface area contributed by atoms with E-state index in [1.54, 1.807) is 0 Å². The first-order valence-electron chi connectivity index (χ1n) is 6.77. The van der Waals surface area contributed by atoms with E-state index in [1.807, 2.05) is 0 Å². The smallest absolute Gasteiger partial charge is 0.111 e. The summed E-state index contributed by atoms with van der Waals surface area (Å²) in [5, 5.41) is 2.46. The highest BCUT2D eigenvalue weighted by Crippen LogP contribution is 2.34. The standard InChI is InChI=1S/C16H16BrClN2/c1-10(2)20-15(7-8-18)19-14-9-13(17)11-5-3-4-6-12(11)16(14)20/h3-6,9-10H,7-8H2,1-2H3. The Morgan fingerprint density at radius 2 is 1.95 bits per heavy atom. The van der Waals surface area contributed by atoms with Gasteiger partial charge in [-0.3, -0.25) is 0 Å². The third-order valence-electron chi connectivity index (χ3n) is 3.55. The Hall–Kier alpha value is -1.06. The van der Waals surface area contributed by atoms with E-state index in [0.717, 1.165) is 22.2 Å². The number of rotatable bonds is 3. The van der Waals surface area contributed by atoms with Gasteiger partial charge in [0.2, 0.25) is 0 Å². The average Bonchev–Trinajstić information content (AvgIpc) is 2.78. The van der Waals surface area contributed by atoms with E-state index in [9.17, 15) is 0 Å². The van der Waals surface area contributed by atoms with Gasteiger partial charge in [0, 0.05) is 28.2 Å². The number of benzene rings is 2. The van der Waals surface area contributed by atoms with Crippen molar-refractivity contribution in [2.45, 2.75) is 26.3 Å². The molecule has 104 valence electrons. The molecular formula is C16H16BrClN2. The summed E-state index contributed by atoms with van der Waals surface area (Å²) >= 11 is 9.58. The first-order chi connectivity index (χ1) is 9.63. The summed E-state index contributed by atoms with van der Waals surface area (Å²) in [6, 6.07) is 10.9. The van der Waals surface area contributed by atoms with Crippen LogP contribution in [0.3, 0.4) is 0 Å². The summed E-state index contributed by atoms with van der Waals surface area (Å²) in [5.41, 5.74) is 2.24. The lowest BCUT2D eigenvalue weighted by Crippen LogP contribution is -2.07. The molecule has 20 heavy (non-hydrogen) atoms. The number of imidazole rings is 1. The monoisotopic (exact) mass is 350 g/mol. The highest BCUT2D eigenvalue weighted by atomic mass is 79.9. The maximum Gasteiger partial charge on any atom is 0.111 e. The second-order valence-corrected chi connectivity index (χ2v) is 6.43. The Balaban J connectivity index is 2.47. The van der Waals surface area contributed by atoms with Crippen molar-refractivity contribution in [3.63, 3.8) is 0 Å². The Morgan fingerprint density at radius 3 is 2.60 bits per heavy atom. The van der Waals surface area contributed by atoms with Crippen LogP contribution in [0.15, 0.2) is 34.8 Å². The Bertz CT molecular complexity index is 777. The van der Waals surface area contributed by atoms with Crippen LogP contribution in [0.5, 0.6) is 0 Å². The van der Waals surface area contributed by atoms with Crippen molar-refractivity contribution in [1.82, 2.24) is 9.55 Å². The molecule has 0 aliphatic carbocycles. The molecule has 2 aromatic carbocycles. The van der Waals surface area contributed by atoms with Gasteiger partial charge in [0.05, 0.1) is 11.0 Å². The molecule has 3 rings (SSSR count). The van der Waals surface area contributed by atoms with Crippen molar-refractivity contribution in [2.24, 2.45) is 0 Å². The zero-order valence-electron chi connectivity index (χ0n) is 11.5. The van der Waals surface area contributed by atoms with Gasteiger partial charge in [0.25, 0.3) is 0 Å². The minimum absolute atomic E-state index is 0.364. The molecule has 1 aromatic heterocycles. The van der Waals surface area contributed by atoms with Gasteiger partial charge < -0.3 is 4.57 Å². The van der Waals surface area contributed by atoms with Crippen molar-refractivity contribution in [1.29, 1.82) is 0 Å². The Kier molecular flexibility index (Phi) is 3.74. The molecule has 0 spiro atoms. The predicted molar refractivity (Wildman–Crippen MR) is 89.7 cm³/mol. The molecule has 0 unspecified atom stereocenters. The quantitative estimate of drug-likeness (QED) is 0.584. The predicted octanol–water partition coefficient (Wildman–Crippen LogP) is 5.31. The molecule has 1 heterocycles. The zero-order chi connectivity index (χ0) is 14.3. The number of aromatic nitrogens is 2. The van der Waals surface area contributed by atoms with E-state index < -0.39 is 0 Å². The zero-order valence-corrected chi connectivity index (χ0v) is 13.9. The number of hydrogen-bond donors (Lipinski definition) is 0. The molecule has 4 heteroatoms. The number of fused-ring (bicyclic) bond motifs is 3. The van der Waals surface area contributed by atoms with Crippen LogP contribution >= 0.6 is 27.5 Å². The molecular weight excluding hydrogens is 336 g/mol. The third-order valence-corrected chi connectivity index (χ3v) is 4.39. The summed E-state index contributed by atoms with van der Waals surface area (Å²) in [4.78, 5) is 4.78. The third kappa shape index (κ3) is 2.13. The van der Waals surface area contributed by atoms with Gasteiger partial charge in [0.15, 0.2) is 0 Å². The largest absolute Gasteiger partial charge is 0.325 e. The van der Waals surface area contributed by atoms with Crippen LogP contribution in [-0.4, -0.2) is 15.4 Å². The second kappa shape index (κ2) is 5.38. The van der Waals surface area contributed by atoms with Crippen LogP contribution in [0.1, 0.15) is 25.7 Å². The van der Waals surface area contributed by atoms with Gasteiger partial charge in [-0.1, -0.05) is 40.2 Å². The maximum absolute atomic E-state index is 5.93. The molecule has 0 saturated carbocycles. The molecule has 3 aromatic rings. The fourth-order valence-corrected chi connectivity index (χ4v) is 3.51. The minimum Gasteiger partial charge on any atom is -0.325 e. The summed E-state index contributed by atoms with van der Waals surface area (Å²) in [6.07, 6.45) is 0.792. The Morgan fingerprint density at radius 1 is 1.25 bits per heavy atom. The van der Waals surface area contributed by atoms with E-state index in [1.165, 1.54) is 16.3 Å². The van der Waals surface area contributed by atoms with Crippen LogP contribution in [-0.2, 0) is 6.42 Å². The van der Waals surface area contributed by atoms with E-state index in [4.69, 9.17) is 16.6 Å². The first kappa shape index (κ1) is 13.9. The van der Waals surface area contributed by atoms with E-state index in [0.29, 0.717) is 11.9 Å². The molecule has 0 N–H and O–H groups in total. The van der Waals surface area contributed by atoms with Gasteiger partial charge in [0.1, 0.15) is 5.82 Å². The lowest BCUT2D eigenvalue weighted by Gasteiger charge is -2.14. The SMILES string of the molecule is CC(C)n1c(CCCl)nc2cc(Br)c3ccccc3c21. The second-order valence-electron chi connectivity index (χ2n) is 5.20. The van der Waals surface area contributed by atoms with Crippen LogP contribution in [0.2, 0.25) is 0 Å². The maximum atomic E-state index is 5.93. The van der Waals surface area contributed by atoms with E-state index >= 15 is 0 Å². The van der Waals surface area contributed by atoms with Gasteiger partial charge in [-0.05, 0) is 25.3 Å². The number of halogens is 2. The number of aryl methyl sites for hydroxylation is 1. The topological polar surface area (TPSA) is 17.8 Å². The molecule has 0 bridgehead atoms. The highest BCUT2D eigenvalue weighted by molar-refractivity contribution is 9.10. The van der Waals surface area contributed by atoms with Gasteiger partial charge in [-0.2, -0.15) is 0 Å². The number of nitrogens with zero attached hydrogens (tertiary/aromatic N) is 2. The number of alkyl halides is 1. The van der Waals surface area contributed by atoms with E-state index in [-0.39, 0.29) is 0 Å². The normalized spacial score (nSPS) is 11.8. The van der Waals surface area contributed by atoms with Crippen LogP contribution in [0.25, 0.3) is 21.8 Å². The van der Waals surface area contributed by atoms with Crippen LogP contribution in [0, 0.1) is 0 Å². The summed E-state index contributed by atoms with van der Waals surface area (Å²) in [6.45, 7) is 4.38. The van der Waals surface area contributed by atoms with Gasteiger partial charge in [-0.15, -0.1) is 11.6 Å². The molecule has 0 aliphatic heterocycles. The van der Waals surface area contributed by atoms with Crippen molar-refractivity contribution in [3.05, 3.63) is 40.6 Å². The first-order valence-corrected chi connectivity index (χ1v) is 8.10. The summed E-state index contributed by atoms with van der Waals surface area (Å²) < 4.78 is 3.40. The molecule has 0 amide bonds. The molecule has 0 radical (unpaired) electrons. The minimum atomic E-state index is 0.364. The fourth-order valence-electron chi connectivity index (χ4n) is 2.78. The van der Waals surface area contributed by atoms with Crippen molar-refractivity contribution >= 4 is 49.3 Å². The fraction of sp³-hybridized carbons (Fsp3) is 0.312. The lowest BCUT2D eigenvalue weighted by molar-refractivity contribution is 0.590.